The van der Waals surface area contributed by atoms with Crippen LogP contribution >= 0.6 is 11.6 Å². The number of nitrogens with one attached hydrogen (secondary N) is 1. The summed E-state index contributed by atoms with van der Waals surface area (Å²) in [5.41, 5.74) is -1.32. The summed E-state index contributed by atoms with van der Waals surface area (Å²) in [4.78, 5) is 3.56. The minimum absolute atomic E-state index is 0.0879. The van der Waals surface area contributed by atoms with Gasteiger partial charge < -0.3 is 10.2 Å². The number of aliphatic hydroxyl groups is 2. The molecule has 0 aliphatic carbocycles. The molecule has 1 aromatic rings. The van der Waals surface area contributed by atoms with Gasteiger partial charge in [-0.15, -0.1) is 0 Å². The number of sulfonamides is 1. The summed E-state index contributed by atoms with van der Waals surface area (Å²) < 4.78 is 25.9. The molecular weight excluding hydrogens is 268 g/mol. The van der Waals surface area contributed by atoms with Crippen LogP contribution in [0.5, 0.6) is 0 Å². The minimum atomic E-state index is -3.85. The van der Waals surface area contributed by atoms with E-state index < -0.39 is 28.8 Å². The van der Waals surface area contributed by atoms with Crippen molar-refractivity contribution in [2.24, 2.45) is 0 Å². The van der Waals surface area contributed by atoms with E-state index in [0.29, 0.717) is 0 Å². The van der Waals surface area contributed by atoms with E-state index in [1.807, 2.05) is 0 Å². The van der Waals surface area contributed by atoms with Gasteiger partial charge in [0.05, 0.1) is 18.8 Å². The Morgan fingerprint density at radius 2 is 2.00 bits per heavy atom. The molecule has 0 bridgehead atoms. The Labute approximate surface area is 104 Å². The van der Waals surface area contributed by atoms with Crippen molar-refractivity contribution in [3.63, 3.8) is 0 Å². The third-order valence-electron chi connectivity index (χ3n) is 2.09. The zero-order chi connectivity index (χ0) is 13.1. The Hall–Kier alpha value is -0.730. The van der Waals surface area contributed by atoms with Crippen LogP contribution in [0.2, 0.25) is 5.15 Å². The molecule has 1 aromatic heterocycles. The molecule has 0 aromatic carbocycles. The van der Waals surface area contributed by atoms with Gasteiger partial charge >= 0.3 is 0 Å². The monoisotopic (exact) mass is 280 g/mol. The first-order chi connectivity index (χ1) is 7.83. The van der Waals surface area contributed by atoms with Crippen LogP contribution in [0.3, 0.4) is 0 Å². The Morgan fingerprint density at radius 1 is 1.41 bits per heavy atom. The van der Waals surface area contributed by atoms with Gasteiger partial charge in [-0.25, -0.2) is 18.1 Å². The van der Waals surface area contributed by atoms with Crippen LogP contribution in [0, 0.1) is 0 Å². The second-order valence-electron chi connectivity index (χ2n) is 3.80. The van der Waals surface area contributed by atoms with E-state index in [1.54, 1.807) is 0 Å². The molecule has 0 radical (unpaired) electrons. The molecule has 3 N–H and O–H groups in total. The molecule has 0 spiro atoms. The summed E-state index contributed by atoms with van der Waals surface area (Å²) in [7, 11) is -3.85. The smallest absolute Gasteiger partial charge is 0.242 e. The molecule has 0 aliphatic heterocycles. The lowest BCUT2D eigenvalue weighted by Crippen LogP contribution is -2.51. The molecule has 0 aliphatic rings. The first-order valence-electron chi connectivity index (χ1n) is 4.70. The van der Waals surface area contributed by atoms with Gasteiger partial charge in [0.15, 0.2) is 0 Å². The van der Waals surface area contributed by atoms with E-state index in [-0.39, 0.29) is 10.0 Å². The second-order valence-corrected chi connectivity index (χ2v) is 5.87. The van der Waals surface area contributed by atoms with Gasteiger partial charge in [0.1, 0.15) is 10.0 Å². The van der Waals surface area contributed by atoms with Crippen molar-refractivity contribution < 1.29 is 18.6 Å². The van der Waals surface area contributed by atoms with Crippen LogP contribution in [0.15, 0.2) is 23.2 Å². The minimum Gasteiger partial charge on any atom is -0.394 e. The number of aliphatic hydroxyl groups excluding tert-OH is 2. The highest BCUT2D eigenvalue weighted by atomic mass is 35.5. The maximum atomic E-state index is 11.9. The molecule has 0 saturated heterocycles. The lowest BCUT2D eigenvalue weighted by atomic mass is 10.1. The molecule has 17 heavy (non-hydrogen) atoms. The lowest BCUT2D eigenvalue weighted by Gasteiger charge is -2.25. The average molecular weight is 281 g/mol. The van der Waals surface area contributed by atoms with Crippen molar-refractivity contribution >= 4 is 21.6 Å². The standard InChI is InChI=1S/C9H13ClN2O4S/c1-9(5-13,6-14)12-17(15,16)7-2-3-8(10)11-4-7/h2-4,12-14H,5-6H2,1H3. The fourth-order valence-electron chi connectivity index (χ4n) is 1.02. The summed E-state index contributed by atoms with van der Waals surface area (Å²) >= 11 is 5.54. The van der Waals surface area contributed by atoms with Crippen LogP contribution in [-0.2, 0) is 10.0 Å². The number of hydrogen-bond acceptors (Lipinski definition) is 5. The Balaban J connectivity index is 3.00. The van der Waals surface area contributed by atoms with Crippen molar-refractivity contribution in [3.8, 4) is 0 Å². The fraction of sp³-hybridized carbons (Fsp3) is 0.444. The van der Waals surface area contributed by atoms with Gasteiger partial charge in [-0.3, -0.25) is 0 Å². The van der Waals surface area contributed by atoms with Crippen LogP contribution < -0.4 is 4.72 Å². The first-order valence-corrected chi connectivity index (χ1v) is 6.56. The molecule has 0 atom stereocenters. The number of rotatable bonds is 5. The van der Waals surface area contributed by atoms with Crippen LogP contribution in [-0.4, -0.2) is 42.4 Å². The quantitative estimate of drug-likeness (QED) is 0.646. The third kappa shape index (κ3) is 3.62. The summed E-state index contributed by atoms with van der Waals surface area (Å²) in [6, 6.07) is 2.62. The van der Waals surface area contributed by atoms with Gasteiger partial charge in [-0.2, -0.15) is 0 Å². The summed E-state index contributed by atoms with van der Waals surface area (Å²) in [6.07, 6.45) is 1.10. The zero-order valence-corrected chi connectivity index (χ0v) is 10.7. The molecule has 1 heterocycles. The maximum Gasteiger partial charge on any atom is 0.242 e. The lowest BCUT2D eigenvalue weighted by molar-refractivity contribution is 0.121. The van der Waals surface area contributed by atoms with E-state index >= 15 is 0 Å². The van der Waals surface area contributed by atoms with Crippen molar-refractivity contribution in [3.05, 3.63) is 23.5 Å². The van der Waals surface area contributed by atoms with E-state index in [9.17, 15) is 8.42 Å². The van der Waals surface area contributed by atoms with Crippen molar-refractivity contribution in [2.75, 3.05) is 13.2 Å². The molecule has 96 valence electrons. The van der Waals surface area contributed by atoms with Crippen LogP contribution in [0.4, 0.5) is 0 Å². The molecule has 1 rings (SSSR count). The van der Waals surface area contributed by atoms with E-state index in [0.717, 1.165) is 6.20 Å². The number of hydrogen-bond donors (Lipinski definition) is 3. The molecule has 6 nitrogen and oxygen atoms in total. The van der Waals surface area contributed by atoms with Crippen molar-refractivity contribution in [2.45, 2.75) is 17.4 Å². The van der Waals surface area contributed by atoms with Crippen molar-refractivity contribution in [1.29, 1.82) is 0 Å². The fourth-order valence-corrected chi connectivity index (χ4v) is 2.47. The van der Waals surface area contributed by atoms with Crippen LogP contribution in [0.1, 0.15) is 6.92 Å². The van der Waals surface area contributed by atoms with Gasteiger partial charge in [0.2, 0.25) is 10.0 Å². The zero-order valence-electron chi connectivity index (χ0n) is 9.09. The second kappa shape index (κ2) is 5.28. The topological polar surface area (TPSA) is 99.5 Å². The van der Waals surface area contributed by atoms with E-state index in [1.165, 1.54) is 19.1 Å². The largest absolute Gasteiger partial charge is 0.394 e. The Bertz CT molecular complexity index is 470. The van der Waals surface area contributed by atoms with Crippen LogP contribution in [0.25, 0.3) is 0 Å². The third-order valence-corrected chi connectivity index (χ3v) is 3.94. The summed E-state index contributed by atoms with van der Waals surface area (Å²) in [5, 5.41) is 18.2. The van der Waals surface area contributed by atoms with Crippen molar-refractivity contribution in [1.82, 2.24) is 9.71 Å². The Kier molecular flexibility index (Phi) is 4.45. The van der Waals surface area contributed by atoms with Gasteiger partial charge in [-0.1, -0.05) is 11.6 Å². The van der Waals surface area contributed by atoms with E-state index in [2.05, 4.69) is 9.71 Å². The molecule has 0 fully saturated rings. The number of nitrogens with zero attached hydrogens (tertiary/aromatic N) is 1. The van der Waals surface area contributed by atoms with Gasteiger partial charge in [0.25, 0.3) is 0 Å². The predicted molar refractivity (Wildman–Crippen MR) is 62.1 cm³/mol. The normalized spacial score (nSPS) is 12.7. The van der Waals surface area contributed by atoms with E-state index in [4.69, 9.17) is 21.8 Å². The molecule has 0 saturated carbocycles. The highest BCUT2D eigenvalue weighted by molar-refractivity contribution is 7.89. The number of aromatic nitrogens is 1. The Morgan fingerprint density at radius 3 is 2.41 bits per heavy atom. The van der Waals surface area contributed by atoms with Gasteiger partial charge in [0, 0.05) is 6.20 Å². The molecule has 0 unspecified atom stereocenters. The number of pyridine rings is 1. The number of halogens is 1. The molecular formula is C9H13ClN2O4S. The highest BCUT2D eigenvalue weighted by Gasteiger charge is 2.29. The highest BCUT2D eigenvalue weighted by Crippen LogP contribution is 2.13. The summed E-state index contributed by atoms with van der Waals surface area (Å²) in [5.74, 6) is 0. The summed E-state index contributed by atoms with van der Waals surface area (Å²) in [6.45, 7) is 0.335. The SMILES string of the molecule is CC(CO)(CO)NS(=O)(=O)c1ccc(Cl)nc1. The molecule has 0 amide bonds. The maximum absolute atomic E-state index is 11.9. The average Bonchev–Trinajstić information content (AvgIpc) is 2.29. The first kappa shape index (κ1) is 14.3. The predicted octanol–water partition coefficient (Wildman–Crippen LogP) is -0.243. The molecule has 8 heteroatoms. The van der Waals surface area contributed by atoms with Gasteiger partial charge in [-0.05, 0) is 19.1 Å².